The molecule has 1 aliphatic rings. The Bertz CT molecular complexity index is 459. The minimum Gasteiger partial charge on any atom is -0.383 e. The number of rotatable bonds is 7. The van der Waals surface area contributed by atoms with E-state index in [0.29, 0.717) is 24.2 Å². The van der Waals surface area contributed by atoms with Crippen molar-refractivity contribution in [2.24, 2.45) is 0 Å². The number of aromatic nitrogens is 3. The first kappa shape index (κ1) is 16.1. The molecule has 0 aliphatic heterocycles. The van der Waals surface area contributed by atoms with Crippen LogP contribution < -0.4 is 11.2 Å². The van der Waals surface area contributed by atoms with Crippen molar-refractivity contribution < 1.29 is 9.53 Å². The molecule has 3 N–H and O–H groups in total. The minimum absolute atomic E-state index is 0.0562. The standard InChI is InChI=1S/C13H23N5O2S/c1-20-8-7-15-11(19)9-21-13-17-16-12(18(13)14)10-5-3-2-4-6-10/h10H,2-9,14H2,1H3,(H,15,19). The maximum absolute atomic E-state index is 11.6. The van der Waals surface area contributed by atoms with Gasteiger partial charge in [0.25, 0.3) is 0 Å². The molecule has 1 heterocycles. The number of nitrogens with one attached hydrogen (secondary N) is 1. The first-order chi connectivity index (χ1) is 10.2. The van der Waals surface area contributed by atoms with Crippen LogP contribution in [0, 0.1) is 0 Å². The number of carbonyl (C=O) groups is 1. The summed E-state index contributed by atoms with van der Waals surface area (Å²) < 4.78 is 6.42. The third-order valence-electron chi connectivity index (χ3n) is 3.62. The van der Waals surface area contributed by atoms with Crippen LogP contribution >= 0.6 is 11.8 Å². The number of nitrogen functional groups attached to an aromatic ring is 1. The summed E-state index contributed by atoms with van der Waals surface area (Å²) in [5, 5.41) is 11.7. The highest BCUT2D eigenvalue weighted by Gasteiger charge is 2.22. The molecule has 118 valence electrons. The van der Waals surface area contributed by atoms with Crippen LogP contribution in [0.3, 0.4) is 0 Å². The molecule has 0 atom stereocenters. The Hall–Kier alpha value is -1.28. The van der Waals surface area contributed by atoms with E-state index in [1.54, 1.807) is 11.8 Å². The molecule has 0 spiro atoms. The maximum Gasteiger partial charge on any atom is 0.230 e. The first-order valence-electron chi connectivity index (χ1n) is 7.31. The van der Waals surface area contributed by atoms with E-state index in [1.807, 2.05) is 0 Å². The quantitative estimate of drug-likeness (QED) is 0.441. The molecule has 1 aromatic rings. The summed E-state index contributed by atoms with van der Waals surface area (Å²) in [5.74, 6) is 7.53. The molecule has 1 amide bonds. The highest BCUT2D eigenvalue weighted by molar-refractivity contribution is 7.99. The van der Waals surface area contributed by atoms with Crippen molar-refractivity contribution >= 4 is 17.7 Å². The summed E-state index contributed by atoms with van der Waals surface area (Å²) in [5.41, 5.74) is 0. The monoisotopic (exact) mass is 313 g/mol. The Morgan fingerprint density at radius 3 is 2.90 bits per heavy atom. The summed E-state index contributed by atoms with van der Waals surface area (Å²) in [6.45, 7) is 1.02. The van der Waals surface area contributed by atoms with Crippen LogP contribution in [-0.2, 0) is 9.53 Å². The van der Waals surface area contributed by atoms with Crippen LogP contribution in [0.1, 0.15) is 43.8 Å². The molecule has 0 saturated heterocycles. The Balaban J connectivity index is 1.84. The third-order valence-corrected chi connectivity index (χ3v) is 4.57. The molecular weight excluding hydrogens is 290 g/mol. The van der Waals surface area contributed by atoms with Gasteiger partial charge in [0, 0.05) is 19.6 Å². The lowest BCUT2D eigenvalue weighted by molar-refractivity contribution is -0.118. The molecule has 2 rings (SSSR count). The van der Waals surface area contributed by atoms with Gasteiger partial charge in [0.05, 0.1) is 12.4 Å². The van der Waals surface area contributed by atoms with Crippen molar-refractivity contribution in [3.05, 3.63) is 5.82 Å². The van der Waals surface area contributed by atoms with Crippen LogP contribution in [0.15, 0.2) is 5.16 Å². The van der Waals surface area contributed by atoms with Gasteiger partial charge in [-0.2, -0.15) is 0 Å². The highest BCUT2D eigenvalue weighted by Crippen LogP contribution is 2.32. The van der Waals surface area contributed by atoms with Gasteiger partial charge in [0.2, 0.25) is 11.1 Å². The topological polar surface area (TPSA) is 95.1 Å². The molecule has 1 aliphatic carbocycles. The molecule has 0 radical (unpaired) electrons. The lowest BCUT2D eigenvalue weighted by Gasteiger charge is -2.20. The molecule has 0 aromatic carbocycles. The van der Waals surface area contributed by atoms with Gasteiger partial charge >= 0.3 is 0 Å². The number of ether oxygens (including phenoxy) is 1. The van der Waals surface area contributed by atoms with Crippen LogP contribution in [-0.4, -0.2) is 46.8 Å². The van der Waals surface area contributed by atoms with Gasteiger partial charge in [0.15, 0.2) is 5.82 Å². The number of amides is 1. The number of nitrogens with zero attached hydrogens (tertiary/aromatic N) is 3. The third kappa shape index (κ3) is 4.60. The van der Waals surface area contributed by atoms with Gasteiger partial charge in [-0.15, -0.1) is 10.2 Å². The maximum atomic E-state index is 11.6. The smallest absolute Gasteiger partial charge is 0.230 e. The number of carbonyl (C=O) groups excluding carboxylic acids is 1. The summed E-state index contributed by atoms with van der Waals surface area (Å²) in [6.07, 6.45) is 5.98. The predicted octanol–water partition coefficient (Wildman–Crippen LogP) is 0.894. The van der Waals surface area contributed by atoms with Gasteiger partial charge < -0.3 is 15.9 Å². The molecular formula is C13H23N5O2S. The molecule has 1 aromatic heterocycles. The summed E-state index contributed by atoms with van der Waals surface area (Å²) in [6, 6.07) is 0. The van der Waals surface area contributed by atoms with E-state index in [2.05, 4.69) is 15.5 Å². The number of thioether (sulfide) groups is 1. The summed E-state index contributed by atoms with van der Waals surface area (Å²) in [4.78, 5) is 11.6. The Kier molecular flexibility index (Phi) is 6.31. The van der Waals surface area contributed by atoms with Crippen LogP contribution in [0.2, 0.25) is 0 Å². The van der Waals surface area contributed by atoms with E-state index in [-0.39, 0.29) is 11.7 Å². The average molecular weight is 313 g/mol. The molecule has 8 heteroatoms. The second kappa shape index (κ2) is 8.23. The second-order valence-corrected chi connectivity index (χ2v) is 6.12. The largest absolute Gasteiger partial charge is 0.383 e. The van der Waals surface area contributed by atoms with Crippen molar-refractivity contribution in [1.29, 1.82) is 0 Å². The lowest BCUT2D eigenvalue weighted by Crippen LogP contribution is -2.28. The summed E-state index contributed by atoms with van der Waals surface area (Å²) >= 11 is 1.31. The van der Waals surface area contributed by atoms with Gasteiger partial charge in [-0.25, -0.2) is 4.68 Å². The van der Waals surface area contributed by atoms with E-state index in [1.165, 1.54) is 31.0 Å². The predicted molar refractivity (Wildman–Crippen MR) is 81.6 cm³/mol. The lowest BCUT2D eigenvalue weighted by atomic mass is 9.89. The fourth-order valence-corrected chi connectivity index (χ4v) is 3.19. The Morgan fingerprint density at radius 2 is 2.19 bits per heavy atom. The zero-order valence-electron chi connectivity index (χ0n) is 12.4. The van der Waals surface area contributed by atoms with E-state index in [9.17, 15) is 4.79 Å². The summed E-state index contributed by atoms with van der Waals surface area (Å²) in [7, 11) is 1.60. The average Bonchev–Trinajstić information content (AvgIpc) is 2.87. The minimum atomic E-state index is -0.0562. The van der Waals surface area contributed by atoms with E-state index in [4.69, 9.17) is 10.6 Å². The normalized spacial score (nSPS) is 16.0. The molecule has 1 fully saturated rings. The molecule has 0 bridgehead atoms. The van der Waals surface area contributed by atoms with Crippen molar-refractivity contribution in [2.45, 2.75) is 43.2 Å². The number of hydrogen-bond donors (Lipinski definition) is 2. The molecule has 7 nitrogen and oxygen atoms in total. The van der Waals surface area contributed by atoms with E-state index >= 15 is 0 Å². The number of methoxy groups -OCH3 is 1. The highest BCUT2D eigenvalue weighted by atomic mass is 32.2. The van der Waals surface area contributed by atoms with Crippen molar-refractivity contribution in [3.8, 4) is 0 Å². The first-order valence-corrected chi connectivity index (χ1v) is 8.29. The fourth-order valence-electron chi connectivity index (χ4n) is 2.50. The zero-order valence-corrected chi connectivity index (χ0v) is 13.2. The fraction of sp³-hybridized carbons (Fsp3) is 0.769. The van der Waals surface area contributed by atoms with Crippen LogP contribution in [0.5, 0.6) is 0 Å². The molecule has 21 heavy (non-hydrogen) atoms. The van der Waals surface area contributed by atoms with E-state index < -0.39 is 0 Å². The zero-order chi connectivity index (χ0) is 15.1. The van der Waals surface area contributed by atoms with Crippen LogP contribution in [0.25, 0.3) is 0 Å². The van der Waals surface area contributed by atoms with Crippen molar-refractivity contribution in [1.82, 2.24) is 20.2 Å². The van der Waals surface area contributed by atoms with Crippen molar-refractivity contribution in [2.75, 3.05) is 31.9 Å². The van der Waals surface area contributed by atoms with E-state index in [0.717, 1.165) is 18.7 Å². The van der Waals surface area contributed by atoms with Gasteiger partial charge in [-0.3, -0.25) is 4.79 Å². The van der Waals surface area contributed by atoms with Gasteiger partial charge in [-0.1, -0.05) is 31.0 Å². The molecule has 1 saturated carbocycles. The Labute approximate surface area is 129 Å². The molecule has 0 unspecified atom stereocenters. The van der Waals surface area contributed by atoms with Crippen molar-refractivity contribution in [3.63, 3.8) is 0 Å². The SMILES string of the molecule is COCCNC(=O)CSc1nnc(C2CCCCC2)n1N. The number of nitrogens with two attached hydrogens (primary N) is 1. The van der Waals surface area contributed by atoms with Gasteiger partial charge in [0.1, 0.15) is 0 Å². The second-order valence-electron chi connectivity index (χ2n) is 5.18. The number of hydrogen-bond acceptors (Lipinski definition) is 6. The van der Waals surface area contributed by atoms with Gasteiger partial charge in [-0.05, 0) is 12.8 Å². The van der Waals surface area contributed by atoms with Crippen LogP contribution in [0.4, 0.5) is 0 Å². The Morgan fingerprint density at radius 1 is 1.43 bits per heavy atom.